The van der Waals surface area contributed by atoms with Gasteiger partial charge in [-0.25, -0.2) is 4.98 Å². The van der Waals surface area contributed by atoms with Crippen molar-refractivity contribution in [3.63, 3.8) is 0 Å². The summed E-state index contributed by atoms with van der Waals surface area (Å²) in [7, 11) is 0. The monoisotopic (exact) mass is 262 g/mol. The normalized spacial score (nSPS) is 11.4. The molecule has 0 radical (unpaired) electrons. The fourth-order valence-corrected chi connectivity index (χ4v) is 2.45. The van der Waals surface area contributed by atoms with Crippen LogP contribution in [0.25, 0.3) is 11.0 Å². The molecule has 3 aromatic rings. The Hall–Kier alpha value is -2.35. The highest BCUT2D eigenvalue weighted by Crippen LogP contribution is 2.18. The van der Waals surface area contributed by atoms with Gasteiger partial charge in [-0.15, -0.1) is 0 Å². The minimum Gasteiger partial charge on any atom is -0.324 e. The summed E-state index contributed by atoms with van der Waals surface area (Å²) in [5, 5.41) is 0. The van der Waals surface area contributed by atoms with Crippen LogP contribution in [-0.2, 0) is 13.0 Å². The summed E-state index contributed by atoms with van der Waals surface area (Å²) < 4.78 is 2.29. The molecule has 20 heavy (non-hydrogen) atoms. The molecule has 2 nitrogen and oxygen atoms in total. The van der Waals surface area contributed by atoms with E-state index in [2.05, 4.69) is 66.1 Å². The second kappa shape index (κ2) is 5.74. The molecule has 0 aliphatic heterocycles. The number of benzene rings is 2. The van der Waals surface area contributed by atoms with Gasteiger partial charge in [-0.05, 0) is 24.6 Å². The van der Waals surface area contributed by atoms with Crippen molar-refractivity contribution in [3.05, 3.63) is 78.1 Å². The van der Waals surface area contributed by atoms with Gasteiger partial charge in [0.2, 0.25) is 0 Å². The van der Waals surface area contributed by atoms with Gasteiger partial charge in [-0.1, -0.05) is 54.6 Å². The van der Waals surface area contributed by atoms with Crippen LogP contribution in [0.4, 0.5) is 0 Å². The van der Waals surface area contributed by atoms with Gasteiger partial charge in [0.15, 0.2) is 0 Å². The van der Waals surface area contributed by atoms with Crippen LogP contribution in [0.2, 0.25) is 0 Å². The van der Waals surface area contributed by atoms with Crippen molar-refractivity contribution in [2.75, 3.05) is 0 Å². The Morgan fingerprint density at radius 2 is 1.75 bits per heavy atom. The molecular formula is C18H18N2. The zero-order valence-corrected chi connectivity index (χ0v) is 11.7. The summed E-state index contributed by atoms with van der Waals surface area (Å²) in [4.78, 5) is 4.79. The van der Waals surface area contributed by atoms with E-state index in [1.165, 1.54) is 11.1 Å². The molecule has 2 heteroatoms. The lowest BCUT2D eigenvalue weighted by Gasteiger charge is -2.06. The summed E-state index contributed by atoms with van der Waals surface area (Å²) in [5.41, 5.74) is 3.57. The molecule has 0 saturated carbocycles. The van der Waals surface area contributed by atoms with Gasteiger partial charge in [0.1, 0.15) is 5.82 Å². The highest BCUT2D eigenvalue weighted by atomic mass is 15.1. The van der Waals surface area contributed by atoms with Crippen molar-refractivity contribution in [3.8, 4) is 0 Å². The Balaban J connectivity index is 2.04. The van der Waals surface area contributed by atoms with Crippen LogP contribution in [0.15, 0.2) is 66.7 Å². The summed E-state index contributed by atoms with van der Waals surface area (Å²) in [5.74, 6) is 1.12. The maximum atomic E-state index is 4.79. The molecule has 0 aliphatic rings. The molecule has 0 spiro atoms. The minimum absolute atomic E-state index is 0.868. The molecule has 0 bridgehead atoms. The zero-order chi connectivity index (χ0) is 13.8. The lowest BCUT2D eigenvalue weighted by Crippen LogP contribution is -2.03. The summed E-state index contributed by atoms with van der Waals surface area (Å²) >= 11 is 0. The lowest BCUT2D eigenvalue weighted by molar-refractivity contribution is 0.779. The van der Waals surface area contributed by atoms with Gasteiger partial charge in [-0.2, -0.15) is 0 Å². The van der Waals surface area contributed by atoms with Crippen molar-refractivity contribution in [2.45, 2.75) is 19.9 Å². The number of para-hydroxylation sites is 2. The molecule has 1 aromatic heterocycles. The van der Waals surface area contributed by atoms with E-state index in [0.29, 0.717) is 0 Å². The first-order valence-electron chi connectivity index (χ1n) is 6.97. The number of hydrogen-bond acceptors (Lipinski definition) is 1. The predicted octanol–water partition coefficient (Wildman–Crippen LogP) is 4.20. The van der Waals surface area contributed by atoms with Crippen molar-refractivity contribution in [1.29, 1.82) is 0 Å². The van der Waals surface area contributed by atoms with Crippen LogP contribution in [0.3, 0.4) is 0 Å². The van der Waals surface area contributed by atoms with Gasteiger partial charge in [0.25, 0.3) is 0 Å². The fourth-order valence-electron chi connectivity index (χ4n) is 2.45. The topological polar surface area (TPSA) is 17.8 Å². The molecule has 0 saturated heterocycles. The van der Waals surface area contributed by atoms with Crippen molar-refractivity contribution < 1.29 is 0 Å². The Bertz CT molecular complexity index is 724. The number of rotatable bonds is 4. The van der Waals surface area contributed by atoms with E-state index in [1.54, 1.807) is 0 Å². The quantitative estimate of drug-likeness (QED) is 0.644. The third-order valence-electron chi connectivity index (χ3n) is 3.46. The molecule has 0 aliphatic carbocycles. The summed E-state index contributed by atoms with van der Waals surface area (Å²) in [6.45, 7) is 2.93. The number of hydrogen-bond donors (Lipinski definition) is 0. The van der Waals surface area contributed by atoms with Crippen molar-refractivity contribution in [2.24, 2.45) is 0 Å². The van der Waals surface area contributed by atoms with Crippen molar-refractivity contribution in [1.82, 2.24) is 9.55 Å². The van der Waals surface area contributed by atoms with Gasteiger partial charge < -0.3 is 4.57 Å². The molecule has 2 aromatic carbocycles. The first-order valence-corrected chi connectivity index (χ1v) is 6.97. The average molecular weight is 262 g/mol. The standard InChI is InChI=1S/C18H18N2/c1-2-3-13-20-17-12-8-7-11-16(17)19-18(20)14-15-9-5-4-6-10-15/h2-12H,13-14H2,1H3. The number of fused-ring (bicyclic) bond motifs is 1. The minimum atomic E-state index is 0.868. The van der Waals surface area contributed by atoms with Crippen LogP contribution in [0.1, 0.15) is 18.3 Å². The van der Waals surface area contributed by atoms with E-state index in [-0.39, 0.29) is 0 Å². The molecule has 0 fully saturated rings. The summed E-state index contributed by atoms with van der Waals surface area (Å²) in [6, 6.07) is 18.8. The van der Waals surface area contributed by atoms with Crippen LogP contribution in [0.5, 0.6) is 0 Å². The maximum Gasteiger partial charge on any atom is 0.114 e. The molecule has 100 valence electrons. The average Bonchev–Trinajstić information content (AvgIpc) is 2.83. The zero-order valence-electron chi connectivity index (χ0n) is 11.7. The molecule has 1 heterocycles. The Morgan fingerprint density at radius 1 is 1.00 bits per heavy atom. The lowest BCUT2D eigenvalue weighted by atomic mass is 10.1. The Morgan fingerprint density at radius 3 is 2.55 bits per heavy atom. The highest BCUT2D eigenvalue weighted by molar-refractivity contribution is 5.76. The number of allylic oxidation sites excluding steroid dienone is 2. The molecule has 0 atom stereocenters. The molecule has 3 rings (SSSR count). The largest absolute Gasteiger partial charge is 0.324 e. The first kappa shape index (κ1) is 12.7. The fraction of sp³-hybridized carbons (Fsp3) is 0.167. The van der Waals surface area contributed by atoms with E-state index in [1.807, 2.05) is 12.1 Å². The van der Waals surface area contributed by atoms with Gasteiger partial charge in [0, 0.05) is 13.0 Å². The van der Waals surface area contributed by atoms with E-state index in [4.69, 9.17) is 4.98 Å². The first-order chi connectivity index (χ1) is 9.88. The van der Waals surface area contributed by atoms with Crippen LogP contribution in [-0.4, -0.2) is 9.55 Å². The maximum absolute atomic E-state index is 4.79. The van der Waals surface area contributed by atoms with E-state index < -0.39 is 0 Å². The van der Waals surface area contributed by atoms with Gasteiger partial charge in [0.05, 0.1) is 11.0 Å². The Kier molecular flexibility index (Phi) is 3.64. The smallest absolute Gasteiger partial charge is 0.114 e. The van der Waals surface area contributed by atoms with E-state index in [0.717, 1.165) is 24.3 Å². The second-order valence-corrected chi connectivity index (χ2v) is 4.86. The second-order valence-electron chi connectivity index (χ2n) is 4.86. The molecular weight excluding hydrogens is 244 g/mol. The summed E-state index contributed by atoms with van der Waals surface area (Å²) in [6.07, 6.45) is 5.12. The molecule has 0 N–H and O–H groups in total. The van der Waals surface area contributed by atoms with E-state index in [9.17, 15) is 0 Å². The number of imidazole rings is 1. The van der Waals surface area contributed by atoms with Crippen LogP contribution >= 0.6 is 0 Å². The van der Waals surface area contributed by atoms with Gasteiger partial charge in [-0.3, -0.25) is 0 Å². The molecule has 0 amide bonds. The van der Waals surface area contributed by atoms with Crippen molar-refractivity contribution >= 4 is 11.0 Å². The SMILES string of the molecule is CC=CCn1c(Cc2ccccc2)nc2ccccc21. The number of nitrogens with zero attached hydrogens (tertiary/aromatic N) is 2. The van der Waals surface area contributed by atoms with Crippen LogP contribution in [0, 0.1) is 0 Å². The molecule has 0 unspecified atom stereocenters. The third kappa shape index (κ3) is 2.50. The van der Waals surface area contributed by atoms with Crippen LogP contribution < -0.4 is 0 Å². The number of aromatic nitrogens is 2. The third-order valence-corrected chi connectivity index (χ3v) is 3.46. The predicted molar refractivity (Wildman–Crippen MR) is 83.8 cm³/mol. The Labute approximate surface area is 119 Å². The van der Waals surface area contributed by atoms with E-state index >= 15 is 0 Å². The van der Waals surface area contributed by atoms with Gasteiger partial charge >= 0.3 is 0 Å². The highest BCUT2D eigenvalue weighted by Gasteiger charge is 2.09.